The van der Waals surface area contributed by atoms with Crippen LogP contribution in [0.5, 0.6) is 0 Å². The number of nitrogens with zero attached hydrogens (tertiary/aromatic N) is 1. The molecule has 10 heteroatoms. The first-order valence-electron chi connectivity index (χ1n) is 17.7. The van der Waals surface area contributed by atoms with Crippen molar-refractivity contribution in [3.63, 3.8) is 0 Å². The summed E-state index contributed by atoms with van der Waals surface area (Å²) in [7, 11) is 1.17. The Bertz CT molecular complexity index is 743. The van der Waals surface area contributed by atoms with Gasteiger partial charge in [-0.3, -0.25) is 14.2 Å². The number of likely N-dealkylation sites (N-methyl/N-ethyl adjacent to an activating group) is 1. The average Bonchev–Trinajstić information content (AvgIpc) is 2.95. The molecule has 0 spiro atoms. The van der Waals surface area contributed by atoms with Crippen molar-refractivity contribution in [3.8, 4) is 0 Å². The molecule has 0 radical (unpaired) electrons. The van der Waals surface area contributed by atoms with Crippen LogP contribution in [0.1, 0.15) is 155 Å². The van der Waals surface area contributed by atoms with Gasteiger partial charge in [-0.25, -0.2) is 0 Å². The van der Waals surface area contributed by atoms with Gasteiger partial charge in [0.1, 0.15) is 19.8 Å². The normalized spacial score (nSPS) is 13.9. The second-order valence-corrected chi connectivity index (χ2v) is 14.7. The fraction of sp³-hybridized carbons (Fsp3) is 0.941. The maximum atomic E-state index is 12.5. The Morgan fingerprint density at radius 1 is 0.614 bits per heavy atom. The lowest BCUT2D eigenvalue weighted by Crippen LogP contribution is -2.37. The van der Waals surface area contributed by atoms with Crippen LogP contribution in [0.25, 0.3) is 0 Å². The SMILES string of the molecule is CCCCCCCCCCCCCCC(=O)OCC(COP(=O)([O-])OCC[N+](C)(C)C)OC(=O)CCCCCCCCCC. The van der Waals surface area contributed by atoms with Crippen molar-refractivity contribution >= 4 is 19.8 Å². The molecule has 0 bridgehead atoms. The minimum absolute atomic E-state index is 0.0266. The average molecular weight is 650 g/mol. The van der Waals surface area contributed by atoms with Gasteiger partial charge in [0.2, 0.25) is 0 Å². The molecule has 9 nitrogen and oxygen atoms in total. The molecule has 0 aliphatic carbocycles. The smallest absolute Gasteiger partial charge is 0.306 e. The highest BCUT2D eigenvalue weighted by Gasteiger charge is 2.21. The van der Waals surface area contributed by atoms with Crippen molar-refractivity contribution in [2.24, 2.45) is 0 Å². The van der Waals surface area contributed by atoms with Crippen LogP contribution in [0, 0.1) is 0 Å². The number of unbranched alkanes of at least 4 members (excludes halogenated alkanes) is 18. The van der Waals surface area contributed by atoms with E-state index in [9.17, 15) is 19.0 Å². The van der Waals surface area contributed by atoms with Gasteiger partial charge in [-0.15, -0.1) is 0 Å². The van der Waals surface area contributed by atoms with E-state index >= 15 is 0 Å². The van der Waals surface area contributed by atoms with Gasteiger partial charge in [0.25, 0.3) is 7.82 Å². The van der Waals surface area contributed by atoms with E-state index in [0.717, 1.165) is 38.5 Å². The van der Waals surface area contributed by atoms with E-state index in [-0.39, 0.29) is 32.0 Å². The molecule has 262 valence electrons. The van der Waals surface area contributed by atoms with Crippen LogP contribution in [0.3, 0.4) is 0 Å². The van der Waals surface area contributed by atoms with Gasteiger partial charge in [-0.2, -0.15) is 0 Å². The highest BCUT2D eigenvalue weighted by Crippen LogP contribution is 2.38. The molecule has 0 amide bonds. The fourth-order valence-corrected chi connectivity index (χ4v) is 5.50. The first-order chi connectivity index (χ1) is 21.0. The second kappa shape index (κ2) is 28.3. The van der Waals surface area contributed by atoms with Gasteiger partial charge in [0.05, 0.1) is 27.7 Å². The minimum atomic E-state index is -4.60. The zero-order valence-corrected chi connectivity index (χ0v) is 30.0. The van der Waals surface area contributed by atoms with Crippen molar-refractivity contribution in [1.29, 1.82) is 0 Å². The summed E-state index contributed by atoms with van der Waals surface area (Å²) in [6.45, 7) is 4.17. The highest BCUT2D eigenvalue weighted by atomic mass is 31.2. The number of quaternary nitrogens is 1. The number of hydrogen-bond acceptors (Lipinski definition) is 8. The maximum absolute atomic E-state index is 12.5. The van der Waals surface area contributed by atoms with Crippen LogP contribution in [0.15, 0.2) is 0 Å². The molecule has 0 heterocycles. The van der Waals surface area contributed by atoms with Crippen LogP contribution in [-0.2, 0) is 32.7 Å². The lowest BCUT2D eigenvalue weighted by Gasteiger charge is -2.28. The molecular formula is C34H68NO8P. The third-order valence-corrected chi connectivity index (χ3v) is 8.59. The van der Waals surface area contributed by atoms with E-state index in [4.69, 9.17) is 18.5 Å². The molecule has 0 aromatic carbocycles. The number of esters is 2. The Balaban J connectivity index is 4.43. The van der Waals surface area contributed by atoms with Gasteiger partial charge in [0.15, 0.2) is 6.10 Å². The first kappa shape index (κ1) is 43.0. The van der Waals surface area contributed by atoms with Crippen molar-refractivity contribution in [2.75, 3.05) is 47.5 Å². The monoisotopic (exact) mass is 649 g/mol. The van der Waals surface area contributed by atoms with E-state index in [1.165, 1.54) is 83.5 Å². The number of hydrogen-bond donors (Lipinski definition) is 0. The maximum Gasteiger partial charge on any atom is 0.306 e. The summed E-state index contributed by atoms with van der Waals surface area (Å²) in [5, 5.41) is 0. The van der Waals surface area contributed by atoms with Crippen LogP contribution in [0.2, 0.25) is 0 Å². The van der Waals surface area contributed by atoms with Gasteiger partial charge in [0, 0.05) is 12.8 Å². The predicted molar refractivity (Wildman–Crippen MR) is 176 cm³/mol. The van der Waals surface area contributed by atoms with E-state index in [1.807, 2.05) is 21.1 Å². The summed E-state index contributed by atoms with van der Waals surface area (Å²) in [5.74, 6) is -0.834. The molecule has 0 aliphatic heterocycles. The van der Waals surface area contributed by atoms with E-state index < -0.39 is 26.5 Å². The molecule has 0 fully saturated rings. The summed E-state index contributed by atoms with van der Waals surface area (Å²) >= 11 is 0. The Kier molecular flexibility index (Phi) is 27.6. The zero-order valence-electron chi connectivity index (χ0n) is 29.1. The lowest BCUT2D eigenvalue weighted by molar-refractivity contribution is -0.870. The molecule has 0 aliphatic rings. The molecule has 44 heavy (non-hydrogen) atoms. The first-order valence-corrected chi connectivity index (χ1v) is 19.2. The number of ether oxygens (including phenoxy) is 2. The molecule has 0 aromatic rings. The largest absolute Gasteiger partial charge is 0.756 e. The van der Waals surface area contributed by atoms with E-state index in [0.29, 0.717) is 17.4 Å². The van der Waals surface area contributed by atoms with Gasteiger partial charge >= 0.3 is 11.9 Å². The number of phosphoric ester groups is 1. The minimum Gasteiger partial charge on any atom is -0.756 e. The second-order valence-electron chi connectivity index (χ2n) is 13.2. The fourth-order valence-electron chi connectivity index (χ4n) is 4.77. The van der Waals surface area contributed by atoms with E-state index in [1.54, 1.807) is 0 Å². The molecule has 0 rings (SSSR count). The molecule has 2 atom stereocenters. The number of carbonyl (C=O) groups is 2. The van der Waals surface area contributed by atoms with Gasteiger partial charge < -0.3 is 27.9 Å². The topological polar surface area (TPSA) is 111 Å². The van der Waals surface area contributed by atoms with Crippen molar-refractivity contribution in [1.82, 2.24) is 0 Å². The highest BCUT2D eigenvalue weighted by molar-refractivity contribution is 7.45. The van der Waals surface area contributed by atoms with Crippen molar-refractivity contribution < 1.29 is 42.1 Å². The number of phosphoric acid groups is 1. The summed E-state index contributed by atoms with van der Waals surface area (Å²) in [5.41, 5.74) is 0. The molecule has 0 N–H and O–H groups in total. The number of rotatable bonds is 32. The third kappa shape index (κ3) is 31.0. The van der Waals surface area contributed by atoms with Crippen LogP contribution < -0.4 is 4.89 Å². The summed E-state index contributed by atoms with van der Waals surface area (Å²) in [6.07, 6.45) is 22.8. The number of carbonyl (C=O) groups excluding carboxylic acids is 2. The Hall–Kier alpha value is -0.990. The van der Waals surface area contributed by atoms with Crippen molar-refractivity contribution in [2.45, 2.75) is 161 Å². The molecular weight excluding hydrogens is 581 g/mol. The lowest BCUT2D eigenvalue weighted by atomic mass is 10.0. The zero-order chi connectivity index (χ0) is 32.9. The standard InChI is InChI=1S/C34H68NO8P/c1-6-8-10-12-14-16-17-18-19-21-22-24-26-33(36)40-30-32(31-42-44(38,39)41-29-28-35(3,4)5)43-34(37)27-25-23-20-15-13-11-9-7-2/h32H,6-31H2,1-5H3. The summed E-state index contributed by atoms with van der Waals surface area (Å²) < 4.78 is 33.6. The van der Waals surface area contributed by atoms with Gasteiger partial charge in [-0.1, -0.05) is 129 Å². The van der Waals surface area contributed by atoms with Gasteiger partial charge in [-0.05, 0) is 12.8 Å². The van der Waals surface area contributed by atoms with Crippen LogP contribution in [0.4, 0.5) is 0 Å². The third-order valence-electron chi connectivity index (χ3n) is 7.63. The Morgan fingerprint density at radius 3 is 1.45 bits per heavy atom. The Labute approximate surface area is 270 Å². The summed E-state index contributed by atoms with van der Waals surface area (Å²) in [4.78, 5) is 37.1. The van der Waals surface area contributed by atoms with Crippen LogP contribution in [-0.4, -0.2) is 70.0 Å². The Morgan fingerprint density at radius 2 is 1.02 bits per heavy atom. The molecule has 0 aromatic heterocycles. The summed E-state index contributed by atoms with van der Waals surface area (Å²) in [6, 6.07) is 0. The molecule has 0 saturated heterocycles. The predicted octanol–water partition coefficient (Wildman–Crippen LogP) is 8.27. The van der Waals surface area contributed by atoms with Crippen LogP contribution >= 0.6 is 7.82 Å². The molecule has 0 saturated carbocycles. The molecule has 2 unspecified atom stereocenters. The van der Waals surface area contributed by atoms with E-state index in [2.05, 4.69) is 13.8 Å². The van der Waals surface area contributed by atoms with Crippen molar-refractivity contribution in [3.05, 3.63) is 0 Å². The quantitative estimate of drug-likeness (QED) is 0.0310.